The van der Waals surface area contributed by atoms with Gasteiger partial charge in [0.15, 0.2) is 9.84 Å². The highest BCUT2D eigenvalue weighted by atomic mass is 35.5. The van der Waals surface area contributed by atoms with Gasteiger partial charge >= 0.3 is 0 Å². The van der Waals surface area contributed by atoms with E-state index in [1.165, 1.54) is 11.2 Å². The molecule has 2 aromatic rings. The van der Waals surface area contributed by atoms with Crippen molar-refractivity contribution >= 4 is 38.9 Å². The number of sulfone groups is 1. The standard InChI is InChI=1S/C17H19ClN4O3S/c1-11-13(18)4-3-5-14(11)21-16-8-15(19-10-20-16)17(23)22(2)12-6-7-26(24,25)9-12/h3-5,8,10,12H,6-7,9H2,1-2H3,(H,19,20,21). The molecule has 1 aromatic heterocycles. The highest BCUT2D eigenvalue weighted by molar-refractivity contribution is 7.91. The molecule has 2 heterocycles. The van der Waals surface area contributed by atoms with E-state index in [9.17, 15) is 13.2 Å². The summed E-state index contributed by atoms with van der Waals surface area (Å²) in [4.78, 5) is 22.3. The van der Waals surface area contributed by atoms with Gasteiger partial charge in [-0.1, -0.05) is 17.7 Å². The minimum absolute atomic E-state index is 0.00681. The molecule has 138 valence electrons. The van der Waals surface area contributed by atoms with E-state index >= 15 is 0 Å². The van der Waals surface area contributed by atoms with Crippen molar-refractivity contribution in [2.45, 2.75) is 19.4 Å². The summed E-state index contributed by atoms with van der Waals surface area (Å²) in [5.41, 5.74) is 1.85. The first kappa shape index (κ1) is 18.6. The van der Waals surface area contributed by atoms with Gasteiger partial charge in [-0.3, -0.25) is 4.79 Å². The monoisotopic (exact) mass is 394 g/mol. The van der Waals surface area contributed by atoms with E-state index in [1.54, 1.807) is 19.2 Å². The number of halogens is 1. The molecule has 1 fully saturated rings. The fourth-order valence-electron chi connectivity index (χ4n) is 2.85. The molecule has 1 amide bonds. The number of anilines is 2. The molecule has 1 aliphatic rings. The number of hydrogen-bond acceptors (Lipinski definition) is 6. The highest BCUT2D eigenvalue weighted by Gasteiger charge is 2.33. The van der Waals surface area contributed by atoms with Crippen LogP contribution in [-0.2, 0) is 9.84 Å². The molecule has 3 rings (SSSR count). The topological polar surface area (TPSA) is 92.3 Å². The van der Waals surface area contributed by atoms with Gasteiger partial charge in [-0.25, -0.2) is 18.4 Å². The van der Waals surface area contributed by atoms with E-state index in [1.807, 2.05) is 19.1 Å². The number of nitrogens with one attached hydrogen (secondary N) is 1. The van der Waals surface area contributed by atoms with E-state index < -0.39 is 9.84 Å². The maximum atomic E-state index is 12.7. The molecule has 1 aromatic carbocycles. The van der Waals surface area contributed by atoms with Crippen LogP contribution in [0.3, 0.4) is 0 Å². The van der Waals surface area contributed by atoms with Crippen LogP contribution in [0.2, 0.25) is 5.02 Å². The summed E-state index contributed by atoms with van der Waals surface area (Å²) in [6.45, 7) is 1.88. The molecule has 0 spiro atoms. The van der Waals surface area contributed by atoms with Crippen LogP contribution in [-0.4, -0.2) is 53.8 Å². The average Bonchev–Trinajstić information content (AvgIpc) is 2.98. The third kappa shape index (κ3) is 3.96. The predicted octanol–water partition coefficient (Wildman–Crippen LogP) is 2.44. The van der Waals surface area contributed by atoms with Crippen molar-refractivity contribution in [1.82, 2.24) is 14.9 Å². The lowest BCUT2D eigenvalue weighted by Crippen LogP contribution is -2.38. The second kappa shape index (κ2) is 7.20. The quantitative estimate of drug-likeness (QED) is 0.856. The Bertz CT molecular complexity index is 949. The van der Waals surface area contributed by atoms with Crippen molar-refractivity contribution in [2.75, 3.05) is 23.9 Å². The molecular weight excluding hydrogens is 376 g/mol. The van der Waals surface area contributed by atoms with E-state index in [0.717, 1.165) is 11.3 Å². The largest absolute Gasteiger partial charge is 0.340 e. The summed E-state index contributed by atoms with van der Waals surface area (Å²) in [7, 11) is -1.46. The van der Waals surface area contributed by atoms with Crippen LogP contribution in [0, 0.1) is 6.92 Å². The van der Waals surface area contributed by atoms with Gasteiger partial charge in [0.25, 0.3) is 5.91 Å². The number of nitrogens with zero attached hydrogens (tertiary/aromatic N) is 3. The Morgan fingerprint density at radius 2 is 2.12 bits per heavy atom. The number of rotatable bonds is 4. The van der Waals surface area contributed by atoms with Gasteiger partial charge in [0.05, 0.1) is 11.5 Å². The third-order valence-corrected chi connectivity index (χ3v) is 6.65. The van der Waals surface area contributed by atoms with E-state index in [2.05, 4.69) is 15.3 Å². The average molecular weight is 395 g/mol. The molecule has 1 N–H and O–H groups in total. The minimum atomic E-state index is -3.07. The van der Waals surface area contributed by atoms with E-state index in [0.29, 0.717) is 17.3 Å². The van der Waals surface area contributed by atoms with Crippen molar-refractivity contribution < 1.29 is 13.2 Å². The maximum absolute atomic E-state index is 12.7. The molecular formula is C17H19ClN4O3S. The predicted molar refractivity (Wildman–Crippen MR) is 101 cm³/mol. The molecule has 1 unspecified atom stereocenters. The van der Waals surface area contributed by atoms with Crippen LogP contribution >= 0.6 is 11.6 Å². The first-order chi connectivity index (χ1) is 12.3. The SMILES string of the molecule is Cc1c(Cl)cccc1Nc1cc(C(=O)N(C)C2CCS(=O)(=O)C2)ncn1. The molecule has 1 aliphatic heterocycles. The molecule has 26 heavy (non-hydrogen) atoms. The van der Waals surface area contributed by atoms with Gasteiger partial charge in [0, 0.05) is 29.9 Å². The number of hydrogen-bond donors (Lipinski definition) is 1. The number of carbonyl (C=O) groups is 1. The molecule has 7 nitrogen and oxygen atoms in total. The number of benzene rings is 1. The van der Waals surface area contributed by atoms with E-state index in [4.69, 9.17) is 11.6 Å². The summed E-state index contributed by atoms with van der Waals surface area (Å²) in [5, 5.41) is 3.76. The number of carbonyl (C=O) groups excluding carboxylic acids is 1. The fourth-order valence-corrected chi connectivity index (χ4v) is 4.80. The lowest BCUT2D eigenvalue weighted by molar-refractivity contribution is 0.0741. The highest BCUT2D eigenvalue weighted by Crippen LogP contribution is 2.25. The Morgan fingerprint density at radius 1 is 1.35 bits per heavy atom. The Hall–Kier alpha value is -2.19. The molecule has 0 aliphatic carbocycles. The molecule has 1 saturated heterocycles. The summed E-state index contributed by atoms with van der Waals surface area (Å²) in [6.07, 6.45) is 1.75. The Balaban J connectivity index is 1.78. The molecule has 1 atom stereocenters. The van der Waals surface area contributed by atoms with Crippen LogP contribution < -0.4 is 5.32 Å². The van der Waals surface area contributed by atoms with Crippen molar-refractivity contribution in [3.63, 3.8) is 0 Å². The number of aromatic nitrogens is 2. The van der Waals surface area contributed by atoms with Gasteiger partial charge in [0.2, 0.25) is 0 Å². The van der Waals surface area contributed by atoms with Crippen molar-refractivity contribution in [3.05, 3.63) is 46.9 Å². The Labute approximate surface area is 157 Å². The summed E-state index contributed by atoms with van der Waals surface area (Å²) in [5.74, 6) is 0.231. The first-order valence-corrected chi connectivity index (χ1v) is 10.3. The molecule has 0 bridgehead atoms. The molecule has 0 radical (unpaired) electrons. The maximum Gasteiger partial charge on any atom is 0.272 e. The fraction of sp³-hybridized carbons (Fsp3) is 0.353. The smallest absolute Gasteiger partial charge is 0.272 e. The van der Waals surface area contributed by atoms with Crippen LogP contribution in [0.1, 0.15) is 22.5 Å². The molecule has 0 saturated carbocycles. The zero-order chi connectivity index (χ0) is 18.9. The van der Waals surface area contributed by atoms with Gasteiger partial charge in [0.1, 0.15) is 17.8 Å². The van der Waals surface area contributed by atoms with Crippen LogP contribution in [0.5, 0.6) is 0 Å². The summed E-state index contributed by atoms with van der Waals surface area (Å²) in [6, 6.07) is 6.69. The lowest BCUT2D eigenvalue weighted by Gasteiger charge is -2.23. The Kier molecular flexibility index (Phi) is 5.15. The van der Waals surface area contributed by atoms with Crippen molar-refractivity contribution in [3.8, 4) is 0 Å². The second-order valence-electron chi connectivity index (χ2n) is 6.30. The van der Waals surface area contributed by atoms with Gasteiger partial charge in [-0.15, -0.1) is 0 Å². The second-order valence-corrected chi connectivity index (χ2v) is 8.93. The lowest BCUT2D eigenvalue weighted by atomic mass is 10.2. The van der Waals surface area contributed by atoms with Gasteiger partial charge in [-0.05, 0) is 31.0 Å². The van der Waals surface area contributed by atoms with Crippen molar-refractivity contribution in [1.29, 1.82) is 0 Å². The normalized spacial score (nSPS) is 18.5. The third-order valence-electron chi connectivity index (χ3n) is 4.49. The Morgan fingerprint density at radius 3 is 2.81 bits per heavy atom. The minimum Gasteiger partial charge on any atom is -0.340 e. The van der Waals surface area contributed by atoms with Crippen LogP contribution in [0.15, 0.2) is 30.6 Å². The van der Waals surface area contributed by atoms with E-state index in [-0.39, 0.29) is 29.1 Å². The van der Waals surface area contributed by atoms with Crippen molar-refractivity contribution in [2.24, 2.45) is 0 Å². The van der Waals surface area contributed by atoms with Gasteiger partial charge in [-0.2, -0.15) is 0 Å². The van der Waals surface area contributed by atoms with Crippen LogP contribution in [0.4, 0.5) is 11.5 Å². The first-order valence-electron chi connectivity index (χ1n) is 8.08. The zero-order valence-corrected chi connectivity index (χ0v) is 16.0. The summed E-state index contributed by atoms with van der Waals surface area (Å²) < 4.78 is 23.3. The van der Waals surface area contributed by atoms with Gasteiger partial charge < -0.3 is 10.2 Å². The van der Waals surface area contributed by atoms with Crippen LogP contribution in [0.25, 0.3) is 0 Å². The molecule has 9 heteroatoms. The number of amides is 1. The summed E-state index contributed by atoms with van der Waals surface area (Å²) >= 11 is 6.12. The zero-order valence-electron chi connectivity index (χ0n) is 14.4.